The Bertz CT molecular complexity index is 1930. The fraction of sp³-hybridized carbons (Fsp3) is 0.267. The van der Waals surface area contributed by atoms with Gasteiger partial charge in [-0.1, -0.05) is 0 Å². The van der Waals surface area contributed by atoms with Crippen molar-refractivity contribution in [3.05, 3.63) is 43.7 Å². The summed E-state index contributed by atoms with van der Waals surface area (Å²) in [6.07, 6.45) is 0. The van der Waals surface area contributed by atoms with Crippen molar-refractivity contribution in [2.24, 2.45) is 0 Å². The van der Waals surface area contributed by atoms with Gasteiger partial charge in [0.05, 0.1) is 51.0 Å². The fourth-order valence-electron chi connectivity index (χ4n) is 6.77. The second-order valence-corrected chi connectivity index (χ2v) is 9.92. The molecule has 0 radical (unpaired) electrons. The third-order valence-electron chi connectivity index (χ3n) is 8.12. The predicted octanol–water partition coefficient (Wildman–Crippen LogP) is 3.70. The highest BCUT2D eigenvalue weighted by atomic mass is 16.5. The molecule has 204 valence electrons. The molecule has 0 saturated carbocycles. The molecule has 0 fully saturated rings. The number of aromatic hydroxyl groups is 2. The molecular formula is C30H24O10. The number of carbonyl (C=O) groups is 2. The van der Waals surface area contributed by atoms with Crippen molar-refractivity contribution in [1.29, 1.82) is 0 Å². The number of ether oxygens (including phenoxy) is 4. The van der Waals surface area contributed by atoms with Crippen LogP contribution in [-0.2, 0) is 9.59 Å². The summed E-state index contributed by atoms with van der Waals surface area (Å²) in [5, 5.41) is 24.5. The van der Waals surface area contributed by atoms with Gasteiger partial charge in [-0.25, -0.2) is 0 Å². The van der Waals surface area contributed by atoms with Crippen molar-refractivity contribution >= 4 is 54.7 Å². The maximum Gasteiger partial charge on any atom is 0.194 e. The molecule has 0 aliphatic heterocycles. The minimum atomic E-state index is -1.18. The van der Waals surface area contributed by atoms with Crippen LogP contribution in [0, 0.1) is 0 Å². The molecule has 5 aromatic rings. The first kappa shape index (κ1) is 25.4. The van der Waals surface area contributed by atoms with Crippen LogP contribution < -0.4 is 29.8 Å². The first-order valence-corrected chi connectivity index (χ1v) is 12.4. The molecule has 6 rings (SSSR count). The van der Waals surface area contributed by atoms with Crippen molar-refractivity contribution < 1.29 is 38.7 Å². The Hall–Kier alpha value is -4.86. The zero-order valence-corrected chi connectivity index (χ0v) is 22.5. The molecule has 0 heterocycles. The third-order valence-corrected chi connectivity index (χ3v) is 8.12. The number of Topliss-reactive ketones (excluding diaryl/α,β-unsaturated/α-hetero) is 2. The van der Waals surface area contributed by atoms with Gasteiger partial charge in [0.25, 0.3) is 0 Å². The molecule has 0 aromatic heterocycles. The molecule has 40 heavy (non-hydrogen) atoms. The highest BCUT2D eigenvalue weighted by Crippen LogP contribution is 2.62. The van der Waals surface area contributed by atoms with E-state index in [1.54, 1.807) is 0 Å². The van der Waals surface area contributed by atoms with Crippen LogP contribution >= 0.6 is 0 Å². The molecule has 10 heteroatoms. The molecule has 0 amide bonds. The summed E-state index contributed by atoms with van der Waals surface area (Å²) in [7, 11) is 5.32. The second-order valence-electron chi connectivity index (χ2n) is 9.92. The summed E-state index contributed by atoms with van der Waals surface area (Å²) in [5.41, 5.74) is -0.768. The summed E-state index contributed by atoms with van der Waals surface area (Å²) < 4.78 is 22.5. The van der Waals surface area contributed by atoms with Gasteiger partial charge in [-0.05, 0) is 24.6 Å². The topological polar surface area (TPSA) is 146 Å². The summed E-state index contributed by atoms with van der Waals surface area (Å²) in [6.45, 7) is 2.62. The molecule has 2 N–H and O–H groups in total. The summed E-state index contributed by atoms with van der Waals surface area (Å²) >= 11 is 0. The standard InChI is InChI=1S/C30H24O10/c1-9(31)15-16(10(2)32)26-24-22-18(28(36)30(26)40-6)12(34)8-14(38-4)20(22)19-13(37-3)7-11(33)17-21(19)23(24)25(15)29(39-5)27(17)35/h7-8,15-16,35-36H,1-6H3/t15-,16-/m0/s1. The van der Waals surface area contributed by atoms with E-state index >= 15 is 0 Å². The molecule has 2 atom stereocenters. The van der Waals surface area contributed by atoms with Gasteiger partial charge in [0.2, 0.25) is 0 Å². The molecule has 0 bridgehead atoms. The Morgan fingerprint density at radius 3 is 1.20 bits per heavy atom. The van der Waals surface area contributed by atoms with Crippen molar-refractivity contribution in [2.45, 2.75) is 25.7 Å². The summed E-state index contributed by atoms with van der Waals surface area (Å²) in [5.74, 6) is -4.21. The highest BCUT2D eigenvalue weighted by Gasteiger charge is 2.46. The lowest BCUT2D eigenvalue weighted by atomic mass is 9.67. The van der Waals surface area contributed by atoms with E-state index in [2.05, 4.69) is 0 Å². The van der Waals surface area contributed by atoms with E-state index < -0.39 is 45.8 Å². The quantitative estimate of drug-likeness (QED) is 0.240. The zero-order valence-electron chi connectivity index (χ0n) is 22.5. The number of phenols is 2. The second kappa shape index (κ2) is 8.32. The van der Waals surface area contributed by atoms with Crippen LogP contribution in [0.2, 0.25) is 0 Å². The molecule has 0 saturated heterocycles. The number of carbonyl (C=O) groups excluding carboxylic acids is 2. The molecule has 1 aliphatic rings. The Morgan fingerprint density at radius 2 is 0.925 bits per heavy atom. The van der Waals surface area contributed by atoms with E-state index in [0.29, 0.717) is 21.5 Å². The van der Waals surface area contributed by atoms with E-state index in [9.17, 15) is 29.4 Å². The molecule has 0 unspecified atom stereocenters. The molecule has 10 nitrogen and oxygen atoms in total. The fourth-order valence-corrected chi connectivity index (χ4v) is 6.77. The van der Waals surface area contributed by atoms with Crippen molar-refractivity contribution in [2.75, 3.05) is 28.4 Å². The molecule has 1 aliphatic carbocycles. The minimum absolute atomic E-state index is 0.0972. The normalized spacial score (nSPS) is 16.4. The van der Waals surface area contributed by atoms with Crippen LogP contribution in [0.1, 0.15) is 36.8 Å². The summed E-state index contributed by atoms with van der Waals surface area (Å²) in [4.78, 5) is 53.7. The number of hydrogen-bond donors (Lipinski definition) is 2. The first-order chi connectivity index (χ1) is 19.0. The van der Waals surface area contributed by atoms with Crippen molar-refractivity contribution in [3.8, 4) is 34.5 Å². The van der Waals surface area contributed by atoms with Crippen LogP contribution in [0.3, 0.4) is 0 Å². The number of methoxy groups -OCH3 is 4. The van der Waals surface area contributed by atoms with Crippen LogP contribution in [0.25, 0.3) is 43.1 Å². The number of benzene rings is 5. The third kappa shape index (κ3) is 2.77. The Morgan fingerprint density at radius 1 is 0.575 bits per heavy atom. The maximum absolute atomic E-state index is 13.5. The molecule has 5 aromatic carbocycles. The number of fused-ring (bicyclic) bond motifs is 1. The van der Waals surface area contributed by atoms with Gasteiger partial charge < -0.3 is 29.2 Å². The van der Waals surface area contributed by atoms with Gasteiger partial charge in [-0.15, -0.1) is 0 Å². The van der Waals surface area contributed by atoms with Gasteiger partial charge in [0, 0.05) is 44.8 Å². The Kier molecular flexibility index (Phi) is 5.29. The Labute approximate surface area is 225 Å². The van der Waals surface area contributed by atoms with Crippen LogP contribution in [0.4, 0.5) is 0 Å². The number of phenolic OH excluding ortho intramolecular Hbond substituents is 2. The van der Waals surface area contributed by atoms with Gasteiger partial charge >= 0.3 is 0 Å². The Balaban J connectivity index is 2.20. The van der Waals surface area contributed by atoms with Gasteiger partial charge in [0.15, 0.2) is 33.9 Å². The smallest absolute Gasteiger partial charge is 0.194 e. The maximum atomic E-state index is 13.5. The largest absolute Gasteiger partial charge is 0.504 e. The van der Waals surface area contributed by atoms with Crippen molar-refractivity contribution in [1.82, 2.24) is 0 Å². The average molecular weight is 545 g/mol. The van der Waals surface area contributed by atoms with Gasteiger partial charge in [-0.3, -0.25) is 19.2 Å². The number of hydrogen-bond acceptors (Lipinski definition) is 10. The lowest BCUT2D eigenvalue weighted by molar-refractivity contribution is -0.125. The predicted molar refractivity (Wildman–Crippen MR) is 148 cm³/mol. The van der Waals surface area contributed by atoms with E-state index in [4.69, 9.17) is 18.9 Å². The lowest BCUT2D eigenvalue weighted by Crippen LogP contribution is -2.28. The van der Waals surface area contributed by atoms with Gasteiger partial charge in [-0.2, -0.15) is 0 Å². The molecule has 0 spiro atoms. The monoisotopic (exact) mass is 544 g/mol. The minimum Gasteiger partial charge on any atom is -0.504 e. The SMILES string of the molecule is COc1c(O)c2c(=O)cc(OC)c3c4c(OC)cc(=O)c5c(O)c(OC)c6c(c(c1[C@@H](C(C)=O)[C@@H]6C(C)=O)c23)c54. The van der Waals surface area contributed by atoms with E-state index in [1.165, 1.54) is 54.4 Å². The van der Waals surface area contributed by atoms with Gasteiger partial charge in [0.1, 0.15) is 23.1 Å². The zero-order chi connectivity index (χ0) is 28.9. The summed E-state index contributed by atoms with van der Waals surface area (Å²) in [6, 6.07) is 2.41. The van der Waals surface area contributed by atoms with Crippen LogP contribution in [-0.4, -0.2) is 50.2 Å². The van der Waals surface area contributed by atoms with E-state index in [0.717, 1.165) is 0 Å². The lowest BCUT2D eigenvalue weighted by Gasteiger charge is -2.35. The first-order valence-electron chi connectivity index (χ1n) is 12.4. The van der Waals surface area contributed by atoms with Crippen LogP contribution in [0.5, 0.6) is 34.5 Å². The van der Waals surface area contributed by atoms with Crippen LogP contribution in [0.15, 0.2) is 21.7 Å². The molecular weight excluding hydrogens is 520 g/mol. The highest BCUT2D eigenvalue weighted by molar-refractivity contribution is 6.39. The van der Waals surface area contributed by atoms with E-state index in [-0.39, 0.29) is 55.7 Å². The number of ketones is 2. The van der Waals surface area contributed by atoms with Crippen molar-refractivity contribution in [3.63, 3.8) is 0 Å². The average Bonchev–Trinajstić information content (AvgIpc) is 2.91. The number of rotatable bonds is 6. The van der Waals surface area contributed by atoms with E-state index in [1.807, 2.05) is 0 Å².